The summed E-state index contributed by atoms with van der Waals surface area (Å²) in [5.74, 6) is -0.800. The van der Waals surface area contributed by atoms with Crippen LogP contribution in [0.4, 0.5) is 0 Å². The first-order valence-electron chi connectivity index (χ1n) is 15.8. The van der Waals surface area contributed by atoms with Gasteiger partial charge in [0.2, 0.25) is 5.91 Å². The molecule has 3 N–H and O–H groups in total. The molecule has 248 valence electrons. The van der Waals surface area contributed by atoms with Gasteiger partial charge < -0.3 is 29.6 Å². The highest BCUT2D eigenvalue weighted by Crippen LogP contribution is 2.39. The van der Waals surface area contributed by atoms with Crippen LogP contribution in [-0.2, 0) is 38.8 Å². The normalized spacial score (nSPS) is 17.8. The molecule has 1 aliphatic rings. The number of nitrogens with zero attached hydrogens (tertiary/aromatic N) is 2. The number of aliphatic carboxylic acids is 1. The first kappa shape index (κ1) is 34.6. The lowest BCUT2D eigenvalue weighted by atomic mass is 9.98. The van der Waals surface area contributed by atoms with Crippen molar-refractivity contribution in [2.45, 2.75) is 83.1 Å². The molecule has 1 aromatic heterocycles. The van der Waals surface area contributed by atoms with E-state index < -0.39 is 12.3 Å². The van der Waals surface area contributed by atoms with E-state index in [2.05, 4.69) is 22.4 Å². The Kier molecular flexibility index (Phi) is 12.4. The molecule has 11 heteroatoms. The van der Waals surface area contributed by atoms with Crippen LogP contribution in [0.1, 0.15) is 79.6 Å². The van der Waals surface area contributed by atoms with Gasteiger partial charge in [-0.15, -0.1) is 0 Å². The summed E-state index contributed by atoms with van der Waals surface area (Å²) in [6, 6.07) is 23.8. The van der Waals surface area contributed by atoms with Crippen molar-refractivity contribution in [1.29, 1.82) is 0 Å². The zero-order valence-electron chi connectivity index (χ0n) is 26.0. The van der Waals surface area contributed by atoms with E-state index >= 15 is 0 Å². The second-order valence-electron chi connectivity index (χ2n) is 11.7. The van der Waals surface area contributed by atoms with Crippen molar-refractivity contribution in [2.75, 3.05) is 0 Å². The van der Waals surface area contributed by atoms with Gasteiger partial charge in [-0.1, -0.05) is 96.7 Å². The fourth-order valence-electron chi connectivity index (χ4n) is 5.65. The summed E-state index contributed by atoms with van der Waals surface area (Å²) in [6.07, 6.45) is 4.64. The predicted molar refractivity (Wildman–Crippen MR) is 180 cm³/mol. The third-order valence-electron chi connectivity index (χ3n) is 8.20. The molecule has 3 atom stereocenters. The second-order valence-corrected chi connectivity index (χ2v) is 12.5. The number of aromatic nitrogens is 2. The summed E-state index contributed by atoms with van der Waals surface area (Å²) in [6.45, 7) is 0.833. The molecule has 0 spiro atoms. The number of carbonyl (C=O) groups excluding carboxylic acids is 1. The van der Waals surface area contributed by atoms with E-state index in [9.17, 15) is 14.7 Å². The fourth-order valence-corrected chi connectivity index (χ4v) is 5.97. The quantitative estimate of drug-likeness (QED) is 0.110. The number of carboxylic acids is 1. The molecule has 0 radical (unpaired) electrons. The minimum absolute atomic E-state index is 0.0170. The smallest absolute Gasteiger partial charge is 0.303 e. The summed E-state index contributed by atoms with van der Waals surface area (Å²) in [5, 5.41) is 21.8. The Balaban J connectivity index is 1.26. The van der Waals surface area contributed by atoms with Gasteiger partial charge in [-0.05, 0) is 52.8 Å². The lowest BCUT2D eigenvalue weighted by molar-refractivity contribution is -0.252. The number of halogens is 2. The van der Waals surface area contributed by atoms with Crippen molar-refractivity contribution in [3.05, 3.63) is 112 Å². The zero-order chi connectivity index (χ0) is 33.2. The van der Waals surface area contributed by atoms with Gasteiger partial charge in [-0.2, -0.15) is 0 Å². The number of carboxylic acid groups (broad SMARTS) is 1. The maximum absolute atomic E-state index is 12.4. The second kappa shape index (κ2) is 16.9. The van der Waals surface area contributed by atoms with Crippen molar-refractivity contribution in [3.8, 4) is 11.1 Å². The van der Waals surface area contributed by atoms with E-state index in [-0.39, 0.29) is 36.3 Å². The van der Waals surface area contributed by atoms with Gasteiger partial charge in [-0.3, -0.25) is 9.59 Å². The lowest BCUT2D eigenvalue weighted by Crippen LogP contribution is -2.32. The molecule has 1 amide bonds. The number of hydrogen-bond donors (Lipinski definition) is 3. The number of imidazole rings is 1. The molecule has 9 nitrogen and oxygen atoms in total. The lowest BCUT2D eigenvalue weighted by Gasteiger charge is -2.36. The van der Waals surface area contributed by atoms with E-state index in [4.69, 9.17) is 37.8 Å². The number of rotatable bonds is 15. The monoisotopic (exact) mass is 679 g/mol. The van der Waals surface area contributed by atoms with Crippen LogP contribution in [0.15, 0.2) is 79.1 Å². The van der Waals surface area contributed by atoms with Crippen LogP contribution in [0.3, 0.4) is 0 Å². The molecule has 1 fully saturated rings. The summed E-state index contributed by atoms with van der Waals surface area (Å²) in [5.41, 5.74) is 5.64. The summed E-state index contributed by atoms with van der Waals surface area (Å²) in [7, 11) is 0. The molecule has 1 saturated heterocycles. The molecule has 0 aliphatic carbocycles. The number of hydrogen-bond acceptors (Lipinski definition) is 6. The molecule has 1 aliphatic heterocycles. The highest BCUT2D eigenvalue weighted by Gasteiger charge is 2.33. The van der Waals surface area contributed by atoms with Crippen LogP contribution in [0.2, 0.25) is 10.3 Å². The number of nitrogens with one attached hydrogen (secondary N) is 1. The Morgan fingerprint density at radius 1 is 0.872 bits per heavy atom. The number of unbranched alkanes of at least 4 members (excludes halogenated alkanes) is 3. The van der Waals surface area contributed by atoms with Crippen molar-refractivity contribution < 1.29 is 29.3 Å². The molecule has 2 heterocycles. The highest BCUT2D eigenvalue weighted by molar-refractivity contribution is 6.40. The van der Waals surface area contributed by atoms with Crippen molar-refractivity contribution in [3.63, 3.8) is 0 Å². The fraction of sp³-hybridized carbons (Fsp3) is 0.361. The van der Waals surface area contributed by atoms with Gasteiger partial charge in [0.25, 0.3) is 0 Å². The van der Waals surface area contributed by atoms with Crippen molar-refractivity contribution in [1.82, 2.24) is 14.9 Å². The van der Waals surface area contributed by atoms with E-state index in [1.807, 2.05) is 60.7 Å². The Bertz CT molecular complexity index is 1640. The van der Waals surface area contributed by atoms with Gasteiger partial charge in [0.15, 0.2) is 11.4 Å². The average Bonchev–Trinajstić information content (AvgIpc) is 3.41. The maximum Gasteiger partial charge on any atom is 0.303 e. The van der Waals surface area contributed by atoms with E-state index in [1.165, 1.54) is 0 Å². The van der Waals surface area contributed by atoms with Gasteiger partial charge in [0.05, 0.1) is 31.7 Å². The molecule has 0 bridgehead atoms. The minimum Gasteiger partial charge on any atom is -0.481 e. The highest BCUT2D eigenvalue weighted by atomic mass is 35.5. The topological polar surface area (TPSA) is 123 Å². The van der Waals surface area contributed by atoms with E-state index in [0.717, 1.165) is 52.6 Å². The number of ether oxygens (including phenoxy) is 2. The Hall–Kier alpha value is -3.73. The van der Waals surface area contributed by atoms with Crippen LogP contribution < -0.4 is 5.32 Å². The third-order valence-corrected chi connectivity index (χ3v) is 8.97. The predicted octanol–water partition coefficient (Wildman–Crippen LogP) is 7.64. The number of benzene rings is 3. The minimum atomic E-state index is -0.783. The molecule has 47 heavy (non-hydrogen) atoms. The average molecular weight is 681 g/mol. The Morgan fingerprint density at radius 3 is 2.30 bits per heavy atom. The van der Waals surface area contributed by atoms with Gasteiger partial charge >= 0.3 is 5.97 Å². The van der Waals surface area contributed by atoms with E-state index in [0.29, 0.717) is 37.5 Å². The van der Waals surface area contributed by atoms with Crippen LogP contribution in [0.5, 0.6) is 0 Å². The molecular weight excluding hydrogens is 641 g/mol. The van der Waals surface area contributed by atoms with Crippen molar-refractivity contribution >= 4 is 35.1 Å². The van der Waals surface area contributed by atoms with Crippen LogP contribution in [0, 0.1) is 0 Å². The first-order valence-corrected chi connectivity index (χ1v) is 16.6. The van der Waals surface area contributed by atoms with Crippen LogP contribution in [-0.4, -0.2) is 37.7 Å². The van der Waals surface area contributed by atoms with E-state index in [1.54, 1.807) is 10.9 Å². The number of aliphatic hydroxyl groups excluding tert-OH is 1. The Labute approximate surface area is 284 Å². The standard InChI is InChI=1S/C36H39Cl2N3O6/c37-34-35(38)41(23-40-34)21-30-19-31(26-15-13-24(22-42)14-16-26)47-36(46-30)29-10-6-9-28(18-29)27-8-5-7-25(17-27)20-39-32(43)11-3-1-2-4-12-33(44)45/h5-10,13-18,23,30-31,36,42H,1-4,11-12,19-22H2,(H,39,43)(H,44,45). The number of amides is 1. The van der Waals surface area contributed by atoms with Crippen molar-refractivity contribution in [2.24, 2.45) is 0 Å². The molecular formula is C36H39Cl2N3O6. The molecule has 3 unspecified atom stereocenters. The summed E-state index contributed by atoms with van der Waals surface area (Å²) in [4.78, 5) is 27.1. The molecule has 3 aromatic carbocycles. The largest absolute Gasteiger partial charge is 0.481 e. The van der Waals surface area contributed by atoms with Crippen LogP contribution >= 0.6 is 23.2 Å². The van der Waals surface area contributed by atoms with Gasteiger partial charge in [0, 0.05) is 31.4 Å². The molecule has 5 rings (SSSR count). The summed E-state index contributed by atoms with van der Waals surface area (Å²) < 4.78 is 14.8. The molecule has 0 saturated carbocycles. The van der Waals surface area contributed by atoms with Gasteiger partial charge in [0.1, 0.15) is 5.15 Å². The zero-order valence-corrected chi connectivity index (χ0v) is 27.5. The first-order chi connectivity index (χ1) is 22.8. The maximum atomic E-state index is 12.4. The third kappa shape index (κ3) is 9.89. The number of aliphatic hydroxyl groups is 1. The van der Waals surface area contributed by atoms with Crippen LogP contribution in [0.25, 0.3) is 11.1 Å². The SMILES string of the molecule is O=C(O)CCCCCCC(=O)NCc1cccc(-c2cccc(C3OC(Cn4cnc(Cl)c4Cl)CC(c4ccc(CO)cc4)O3)c2)c1. The molecule has 4 aromatic rings. The van der Waals surface area contributed by atoms with Gasteiger partial charge in [-0.25, -0.2) is 4.98 Å². The summed E-state index contributed by atoms with van der Waals surface area (Å²) >= 11 is 12.5. The number of carbonyl (C=O) groups is 2. The Morgan fingerprint density at radius 2 is 1.60 bits per heavy atom.